The molecule has 6 nitrogen and oxygen atoms in total. The number of methoxy groups -OCH3 is 1. The van der Waals surface area contributed by atoms with E-state index in [1.54, 1.807) is 20.1 Å². The van der Waals surface area contributed by atoms with Crippen molar-refractivity contribution < 1.29 is 18.3 Å². The lowest BCUT2D eigenvalue weighted by molar-refractivity contribution is 0.0167. The number of aryl methyl sites for hydroxylation is 1. The topological polar surface area (TPSA) is 59.5 Å². The van der Waals surface area contributed by atoms with E-state index in [1.165, 1.54) is 6.07 Å². The van der Waals surface area contributed by atoms with Gasteiger partial charge in [-0.2, -0.15) is 0 Å². The van der Waals surface area contributed by atoms with Crippen molar-refractivity contribution in [1.82, 2.24) is 14.9 Å². The van der Waals surface area contributed by atoms with Gasteiger partial charge in [-0.05, 0) is 71.3 Å². The molecule has 1 aliphatic rings. The second-order valence-corrected chi connectivity index (χ2v) is 9.93. The van der Waals surface area contributed by atoms with Gasteiger partial charge in [-0.1, -0.05) is 18.2 Å². The summed E-state index contributed by atoms with van der Waals surface area (Å²) in [5.74, 6) is -0.452. The molecule has 0 saturated carbocycles. The van der Waals surface area contributed by atoms with Gasteiger partial charge in [-0.25, -0.2) is 18.7 Å². The summed E-state index contributed by atoms with van der Waals surface area (Å²) in [7, 11) is 3.75. The second kappa shape index (κ2) is 10.2. The van der Waals surface area contributed by atoms with Crippen LogP contribution in [0.15, 0.2) is 30.3 Å². The number of halogens is 2. The smallest absolute Gasteiger partial charge is 0.270 e. The molecular formula is C28H36F2N4O2. The maximum absolute atomic E-state index is 14.1. The number of fused-ring (bicyclic) bond motifs is 1. The van der Waals surface area contributed by atoms with Crippen molar-refractivity contribution in [2.45, 2.75) is 71.6 Å². The molecule has 1 aliphatic heterocycles. The van der Waals surface area contributed by atoms with E-state index in [1.807, 2.05) is 32.0 Å². The molecule has 2 aromatic carbocycles. The Morgan fingerprint density at radius 2 is 1.89 bits per heavy atom. The van der Waals surface area contributed by atoms with Crippen molar-refractivity contribution in [3.63, 3.8) is 0 Å². The van der Waals surface area contributed by atoms with Crippen LogP contribution in [0.2, 0.25) is 0 Å². The fraction of sp³-hybridized carbons (Fsp3) is 0.500. The van der Waals surface area contributed by atoms with Crippen molar-refractivity contribution in [2.75, 3.05) is 26.0 Å². The van der Waals surface area contributed by atoms with E-state index in [9.17, 15) is 8.78 Å². The highest BCUT2D eigenvalue weighted by Crippen LogP contribution is 2.38. The first kappa shape index (κ1) is 26.1. The Hall–Kier alpha value is -3.00. The van der Waals surface area contributed by atoms with Crippen LogP contribution in [-0.4, -0.2) is 47.7 Å². The number of nitrogens with zero attached hydrogens (tertiary/aromatic N) is 3. The monoisotopic (exact) mass is 498 g/mol. The third-order valence-corrected chi connectivity index (χ3v) is 7.19. The minimum atomic E-state index is -2.91. The van der Waals surface area contributed by atoms with Crippen LogP contribution in [0.4, 0.5) is 14.6 Å². The number of anilines is 1. The van der Waals surface area contributed by atoms with Crippen LogP contribution in [0.1, 0.15) is 62.2 Å². The summed E-state index contributed by atoms with van der Waals surface area (Å²) in [6.07, 6.45) is 2.23. The molecule has 2 heterocycles. The number of hydrogen-bond donors (Lipinski definition) is 1. The second-order valence-electron chi connectivity index (χ2n) is 9.93. The molecule has 1 saturated heterocycles. The number of rotatable bonds is 8. The van der Waals surface area contributed by atoms with Gasteiger partial charge in [0.05, 0.1) is 18.7 Å². The Balaban J connectivity index is 1.71. The van der Waals surface area contributed by atoms with Crippen LogP contribution in [0, 0.1) is 13.8 Å². The number of alkyl halides is 2. The number of likely N-dealkylation sites (N-methyl/N-ethyl adjacent to an activating group) is 1. The maximum Gasteiger partial charge on any atom is 0.270 e. The lowest BCUT2D eigenvalue weighted by atomic mass is 9.94. The summed E-state index contributed by atoms with van der Waals surface area (Å²) in [6.45, 7) is 9.59. The maximum atomic E-state index is 14.1. The molecule has 0 unspecified atom stereocenters. The zero-order valence-corrected chi connectivity index (χ0v) is 22.2. The van der Waals surface area contributed by atoms with Crippen LogP contribution in [-0.2, 0) is 5.92 Å². The first-order valence-corrected chi connectivity index (χ1v) is 12.5. The zero-order valence-electron chi connectivity index (χ0n) is 22.2. The van der Waals surface area contributed by atoms with Crippen LogP contribution < -0.4 is 14.8 Å². The fourth-order valence-electron chi connectivity index (χ4n) is 5.30. The summed E-state index contributed by atoms with van der Waals surface area (Å²) < 4.78 is 40.3. The normalized spacial score (nSPS) is 18.3. The highest BCUT2D eigenvalue weighted by Gasteiger charge is 2.29. The Morgan fingerprint density at radius 1 is 1.14 bits per heavy atom. The highest BCUT2D eigenvalue weighted by molar-refractivity contribution is 5.92. The number of hydrogen-bond acceptors (Lipinski definition) is 6. The third kappa shape index (κ3) is 5.24. The predicted molar refractivity (Wildman–Crippen MR) is 139 cm³/mol. The Kier molecular flexibility index (Phi) is 7.36. The molecule has 3 aromatic rings. The standard InChI is InChI=1S/C28H36F2N4O2/c1-16-20(10-8-11-22(16)28(5,29)30)17(2)31-27-21-14-26(36-18(3)24-12-9-13-34(24)6)25(35-7)15-23(21)32-19(4)33-27/h8,10-11,14-15,17-18,24H,9,12-13H2,1-7H3,(H,31,32,33)/t17-,18+,24+/m1/s1. The average Bonchev–Trinajstić information content (AvgIpc) is 3.24. The minimum absolute atomic E-state index is 0.0216. The molecule has 0 radical (unpaired) electrons. The van der Waals surface area contributed by atoms with Crippen molar-refractivity contribution in [3.8, 4) is 11.5 Å². The average molecular weight is 499 g/mol. The Bertz CT molecular complexity index is 1240. The molecule has 1 fully saturated rings. The van der Waals surface area contributed by atoms with E-state index in [4.69, 9.17) is 9.47 Å². The highest BCUT2D eigenvalue weighted by atomic mass is 19.3. The molecule has 0 spiro atoms. The lowest BCUT2D eigenvalue weighted by Gasteiger charge is -2.27. The van der Waals surface area contributed by atoms with Gasteiger partial charge in [-0.3, -0.25) is 4.90 Å². The third-order valence-electron chi connectivity index (χ3n) is 7.19. The molecule has 8 heteroatoms. The van der Waals surface area contributed by atoms with Gasteiger partial charge in [0.25, 0.3) is 5.92 Å². The minimum Gasteiger partial charge on any atom is -0.493 e. The van der Waals surface area contributed by atoms with Gasteiger partial charge in [0, 0.05) is 30.0 Å². The van der Waals surface area contributed by atoms with Crippen molar-refractivity contribution in [1.29, 1.82) is 0 Å². The van der Waals surface area contributed by atoms with E-state index < -0.39 is 5.92 Å². The SMILES string of the molecule is COc1cc2nc(C)nc(N[C@H](C)c3cccc(C(C)(F)F)c3C)c2cc1O[C@@H](C)[C@@H]1CCCN1C. The van der Waals surface area contributed by atoms with Gasteiger partial charge in [0.2, 0.25) is 0 Å². The molecule has 0 amide bonds. The lowest BCUT2D eigenvalue weighted by Crippen LogP contribution is -2.38. The molecule has 0 aliphatic carbocycles. The van der Waals surface area contributed by atoms with E-state index in [0.29, 0.717) is 34.7 Å². The zero-order chi connectivity index (χ0) is 26.2. The molecule has 1 N–H and O–H groups in total. The van der Waals surface area contributed by atoms with Crippen LogP contribution in [0.3, 0.4) is 0 Å². The number of aromatic nitrogens is 2. The summed E-state index contributed by atoms with van der Waals surface area (Å²) in [6, 6.07) is 8.88. The number of likely N-dealkylation sites (tertiary alicyclic amines) is 1. The molecule has 3 atom stereocenters. The summed E-state index contributed by atoms with van der Waals surface area (Å²) in [5, 5.41) is 4.22. The first-order chi connectivity index (χ1) is 17.0. The molecule has 36 heavy (non-hydrogen) atoms. The van der Waals surface area contributed by atoms with E-state index >= 15 is 0 Å². The largest absolute Gasteiger partial charge is 0.493 e. The number of benzene rings is 2. The van der Waals surface area contributed by atoms with Crippen LogP contribution in [0.25, 0.3) is 10.9 Å². The van der Waals surface area contributed by atoms with Gasteiger partial charge in [0.15, 0.2) is 11.5 Å². The Morgan fingerprint density at radius 3 is 2.53 bits per heavy atom. The summed E-state index contributed by atoms with van der Waals surface area (Å²) in [5.41, 5.74) is 2.11. The van der Waals surface area contributed by atoms with Gasteiger partial charge >= 0.3 is 0 Å². The predicted octanol–water partition coefficient (Wildman–Crippen LogP) is 6.40. The van der Waals surface area contributed by atoms with Crippen LogP contribution >= 0.6 is 0 Å². The van der Waals surface area contributed by atoms with Gasteiger partial charge in [0.1, 0.15) is 17.7 Å². The van der Waals surface area contributed by atoms with Gasteiger partial charge in [-0.15, -0.1) is 0 Å². The van der Waals surface area contributed by atoms with Crippen molar-refractivity contribution in [2.24, 2.45) is 0 Å². The van der Waals surface area contributed by atoms with Gasteiger partial charge < -0.3 is 14.8 Å². The molecule has 0 bridgehead atoms. The Labute approximate surface area is 212 Å². The summed E-state index contributed by atoms with van der Waals surface area (Å²) >= 11 is 0. The molecule has 4 rings (SSSR count). The van der Waals surface area contributed by atoms with Crippen molar-refractivity contribution >= 4 is 16.7 Å². The van der Waals surface area contributed by atoms with E-state index in [0.717, 1.165) is 42.8 Å². The first-order valence-electron chi connectivity index (χ1n) is 12.5. The van der Waals surface area contributed by atoms with Crippen molar-refractivity contribution in [3.05, 3.63) is 52.8 Å². The molecule has 1 aromatic heterocycles. The number of nitrogens with one attached hydrogen (secondary N) is 1. The molecular weight excluding hydrogens is 462 g/mol. The fourth-order valence-corrected chi connectivity index (χ4v) is 5.30. The van der Waals surface area contributed by atoms with Crippen LogP contribution in [0.5, 0.6) is 11.5 Å². The quantitative estimate of drug-likeness (QED) is 0.388. The summed E-state index contributed by atoms with van der Waals surface area (Å²) in [4.78, 5) is 11.6. The van der Waals surface area contributed by atoms with E-state index in [-0.39, 0.29) is 17.7 Å². The number of ether oxygens (including phenoxy) is 2. The molecule has 194 valence electrons. The van der Waals surface area contributed by atoms with E-state index in [2.05, 4.69) is 34.2 Å².